The number of hydrogen-bond acceptors (Lipinski definition) is 3. The van der Waals surface area contributed by atoms with E-state index >= 15 is 0 Å². The van der Waals surface area contributed by atoms with Gasteiger partial charge in [-0.2, -0.15) is 0 Å². The lowest BCUT2D eigenvalue weighted by Gasteiger charge is -2.10. The first-order valence-corrected chi connectivity index (χ1v) is 5.81. The van der Waals surface area contributed by atoms with Crippen LogP contribution in [0.4, 0.5) is 0 Å². The van der Waals surface area contributed by atoms with E-state index in [2.05, 4.69) is 6.92 Å². The molecule has 0 saturated carbocycles. The standard InChI is InChI=1S/C14H17O3/c1-3-17-14(16)13-8-6-12(7-9-13)11(2)5-4-10-15/h6-9,11H,3-5H2,1-2H3. The molecule has 0 aliphatic heterocycles. The van der Waals surface area contributed by atoms with Crippen LogP contribution in [0.1, 0.15) is 48.5 Å². The van der Waals surface area contributed by atoms with Crippen molar-refractivity contribution in [2.45, 2.75) is 32.6 Å². The SMILES string of the molecule is CCOC(=O)c1ccc(C(C)CC[C]=O)cc1. The molecule has 0 fully saturated rings. The normalized spacial score (nSPS) is 11.9. The van der Waals surface area contributed by atoms with Gasteiger partial charge in [-0.15, -0.1) is 0 Å². The monoisotopic (exact) mass is 233 g/mol. The number of carbonyl (C=O) groups is 1. The summed E-state index contributed by atoms with van der Waals surface area (Å²) in [4.78, 5) is 21.6. The second-order valence-electron chi connectivity index (χ2n) is 3.93. The number of benzene rings is 1. The summed E-state index contributed by atoms with van der Waals surface area (Å²) in [5.74, 6) is 0.000577. The molecule has 3 nitrogen and oxygen atoms in total. The van der Waals surface area contributed by atoms with Crippen LogP contribution in [-0.4, -0.2) is 18.9 Å². The zero-order valence-corrected chi connectivity index (χ0v) is 10.2. The molecule has 0 aliphatic rings. The van der Waals surface area contributed by atoms with Crippen molar-refractivity contribution in [1.82, 2.24) is 0 Å². The number of hydrogen-bond donors (Lipinski definition) is 0. The van der Waals surface area contributed by atoms with Gasteiger partial charge in [0.15, 0.2) is 6.29 Å². The van der Waals surface area contributed by atoms with Gasteiger partial charge in [0, 0.05) is 6.42 Å². The van der Waals surface area contributed by atoms with Gasteiger partial charge in [-0.25, -0.2) is 4.79 Å². The van der Waals surface area contributed by atoms with Crippen molar-refractivity contribution in [3.05, 3.63) is 35.4 Å². The van der Waals surface area contributed by atoms with Gasteiger partial charge in [-0.3, -0.25) is 4.79 Å². The molecular weight excluding hydrogens is 216 g/mol. The molecule has 0 spiro atoms. The lowest BCUT2D eigenvalue weighted by molar-refractivity contribution is 0.0526. The Kier molecular flexibility index (Phi) is 5.40. The molecule has 1 atom stereocenters. The van der Waals surface area contributed by atoms with Crippen LogP contribution < -0.4 is 0 Å². The third kappa shape index (κ3) is 4.02. The van der Waals surface area contributed by atoms with E-state index in [1.165, 1.54) is 0 Å². The third-order valence-electron chi connectivity index (χ3n) is 2.67. The topological polar surface area (TPSA) is 43.4 Å². The van der Waals surface area contributed by atoms with E-state index in [4.69, 9.17) is 4.74 Å². The minimum absolute atomic E-state index is 0.298. The van der Waals surface area contributed by atoms with Crippen molar-refractivity contribution in [3.8, 4) is 0 Å². The summed E-state index contributed by atoms with van der Waals surface area (Å²) in [6.45, 7) is 4.22. The predicted octanol–water partition coefficient (Wildman–Crippen LogP) is 2.86. The van der Waals surface area contributed by atoms with Gasteiger partial charge in [0.1, 0.15) is 0 Å². The maximum absolute atomic E-state index is 11.4. The molecule has 3 heteroatoms. The zero-order valence-electron chi connectivity index (χ0n) is 10.2. The Morgan fingerprint density at radius 2 is 2.00 bits per heavy atom. The lowest BCUT2D eigenvalue weighted by Crippen LogP contribution is -2.04. The molecule has 0 N–H and O–H groups in total. The van der Waals surface area contributed by atoms with E-state index in [0.717, 1.165) is 12.0 Å². The highest BCUT2D eigenvalue weighted by Gasteiger charge is 2.08. The lowest BCUT2D eigenvalue weighted by atomic mass is 9.96. The summed E-state index contributed by atoms with van der Waals surface area (Å²) in [5, 5.41) is 0. The van der Waals surface area contributed by atoms with Crippen molar-refractivity contribution in [2.75, 3.05) is 6.61 Å². The first-order chi connectivity index (χ1) is 8.19. The van der Waals surface area contributed by atoms with Crippen LogP contribution >= 0.6 is 0 Å². The molecule has 1 aromatic rings. The summed E-state index contributed by atoms with van der Waals surface area (Å²) in [6, 6.07) is 7.33. The number of rotatable bonds is 6. The van der Waals surface area contributed by atoms with Gasteiger partial charge in [0.2, 0.25) is 0 Å². The van der Waals surface area contributed by atoms with Crippen LogP contribution in [-0.2, 0) is 9.53 Å². The van der Waals surface area contributed by atoms with E-state index in [1.54, 1.807) is 19.1 Å². The van der Waals surface area contributed by atoms with Gasteiger partial charge in [0.25, 0.3) is 0 Å². The van der Waals surface area contributed by atoms with E-state index in [1.807, 2.05) is 18.4 Å². The minimum Gasteiger partial charge on any atom is -0.462 e. The summed E-state index contributed by atoms with van der Waals surface area (Å²) in [5.41, 5.74) is 1.68. The summed E-state index contributed by atoms with van der Waals surface area (Å²) >= 11 is 0. The molecule has 0 heterocycles. The van der Waals surface area contributed by atoms with E-state index < -0.39 is 0 Å². The summed E-state index contributed by atoms with van der Waals surface area (Å²) in [6.07, 6.45) is 3.12. The second-order valence-corrected chi connectivity index (χ2v) is 3.93. The van der Waals surface area contributed by atoms with E-state index in [-0.39, 0.29) is 5.97 Å². The van der Waals surface area contributed by atoms with Gasteiger partial charge >= 0.3 is 5.97 Å². The predicted molar refractivity (Wildman–Crippen MR) is 65.7 cm³/mol. The van der Waals surface area contributed by atoms with Crippen LogP contribution in [0.5, 0.6) is 0 Å². The van der Waals surface area contributed by atoms with Gasteiger partial charge in [-0.05, 0) is 37.0 Å². The Labute approximate surface area is 102 Å². The van der Waals surface area contributed by atoms with Crippen LogP contribution in [0.3, 0.4) is 0 Å². The maximum atomic E-state index is 11.4. The number of carbonyl (C=O) groups excluding carboxylic acids is 2. The van der Waals surface area contributed by atoms with Crippen molar-refractivity contribution < 1.29 is 14.3 Å². The van der Waals surface area contributed by atoms with Crippen LogP contribution in [0.25, 0.3) is 0 Å². The third-order valence-corrected chi connectivity index (χ3v) is 2.67. The smallest absolute Gasteiger partial charge is 0.338 e. The van der Waals surface area contributed by atoms with Crippen molar-refractivity contribution in [3.63, 3.8) is 0 Å². The largest absolute Gasteiger partial charge is 0.462 e. The first-order valence-electron chi connectivity index (χ1n) is 5.81. The van der Waals surface area contributed by atoms with Gasteiger partial charge < -0.3 is 4.74 Å². The van der Waals surface area contributed by atoms with Crippen LogP contribution in [0, 0.1) is 0 Å². The molecule has 91 valence electrons. The quantitative estimate of drug-likeness (QED) is 0.709. The van der Waals surface area contributed by atoms with E-state index in [0.29, 0.717) is 24.5 Å². The van der Waals surface area contributed by atoms with Crippen LogP contribution in [0.15, 0.2) is 24.3 Å². The van der Waals surface area contributed by atoms with Gasteiger partial charge in [0.05, 0.1) is 12.2 Å². The highest BCUT2D eigenvalue weighted by Crippen LogP contribution is 2.20. The second kappa shape index (κ2) is 6.84. The average Bonchev–Trinajstić information content (AvgIpc) is 2.36. The summed E-state index contributed by atoms with van der Waals surface area (Å²) < 4.78 is 4.90. The highest BCUT2D eigenvalue weighted by molar-refractivity contribution is 5.89. The van der Waals surface area contributed by atoms with E-state index in [9.17, 15) is 9.59 Å². The summed E-state index contributed by atoms with van der Waals surface area (Å²) in [7, 11) is 0. The molecule has 1 aromatic carbocycles. The molecule has 0 amide bonds. The Hall–Kier alpha value is -1.64. The molecule has 1 unspecified atom stereocenters. The number of esters is 1. The molecular formula is C14H17O3. The molecule has 1 radical (unpaired) electrons. The molecule has 0 aromatic heterocycles. The molecule has 0 saturated heterocycles. The van der Waals surface area contributed by atoms with Crippen molar-refractivity contribution >= 4 is 12.3 Å². The fourth-order valence-corrected chi connectivity index (χ4v) is 1.60. The van der Waals surface area contributed by atoms with Crippen LogP contribution in [0.2, 0.25) is 0 Å². The maximum Gasteiger partial charge on any atom is 0.338 e. The van der Waals surface area contributed by atoms with Crippen molar-refractivity contribution in [1.29, 1.82) is 0 Å². The zero-order chi connectivity index (χ0) is 12.7. The Balaban J connectivity index is 2.66. The molecule has 17 heavy (non-hydrogen) atoms. The average molecular weight is 233 g/mol. The fourth-order valence-electron chi connectivity index (χ4n) is 1.60. The number of ether oxygens (including phenoxy) is 1. The highest BCUT2D eigenvalue weighted by atomic mass is 16.5. The Morgan fingerprint density at radius 3 is 2.53 bits per heavy atom. The first kappa shape index (κ1) is 13.4. The Bertz CT molecular complexity index is 368. The van der Waals surface area contributed by atoms with Crippen molar-refractivity contribution in [2.24, 2.45) is 0 Å². The minimum atomic E-state index is -0.298. The fraction of sp³-hybridized carbons (Fsp3) is 0.429. The van der Waals surface area contributed by atoms with Gasteiger partial charge in [-0.1, -0.05) is 19.1 Å². The molecule has 0 aliphatic carbocycles. The molecule has 0 bridgehead atoms. The molecule has 1 rings (SSSR count). The Morgan fingerprint density at radius 1 is 1.35 bits per heavy atom.